The Morgan fingerprint density at radius 3 is 2.00 bits per heavy atom. The van der Waals surface area contributed by atoms with Crippen LogP contribution in [0.25, 0.3) is 0 Å². The fourth-order valence-electron chi connectivity index (χ4n) is 3.99. The lowest BCUT2D eigenvalue weighted by Gasteiger charge is -2.45. The second-order valence-electron chi connectivity index (χ2n) is 8.56. The summed E-state index contributed by atoms with van der Waals surface area (Å²) in [5.41, 5.74) is 4.41. The minimum absolute atomic E-state index is 0.189. The minimum atomic E-state index is 0.189. The molecule has 0 amide bonds. The third-order valence-corrected chi connectivity index (χ3v) is 6.60. The molecule has 146 valence electrons. The van der Waals surface area contributed by atoms with Crippen molar-refractivity contribution in [3.63, 3.8) is 0 Å². The van der Waals surface area contributed by atoms with Crippen LogP contribution in [0.4, 0.5) is 5.69 Å². The Hall–Kier alpha value is -1.45. The molecule has 0 aliphatic carbocycles. The molecule has 3 rings (SSSR count). The van der Waals surface area contributed by atoms with Gasteiger partial charge in [-0.1, -0.05) is 38.1 Å². The predicted molar refractivity (Wildman–Crippen MR) is 120 cm³/mol. The van der Waals surface area contributed by atoms with Crippen molar-refractivity contribution in [2.45, 2.75) is 50.5 Å². The van der Waals surface area contributed by atoms with Crippen molar-refractivity contribution in [1.29, 1.82) is 0 Å². The Labute approximate surface area is 170 Å². The number of thioether (sulfide) groups is 1. The molecule has 1 saturated heterocycles. The molecular weight excluding hydrogens is 348 g/mol. The van der Waals surface area contributed by atoms with Crippen LogP contribution in [-0.2, 0) is 6.42 Å². The Morgan fingerprint density at radius 1 is 0.889 bits per heavy atom. The molecule has 0 spiro atoms. The third-order valence-electron chi connectivity index (χ3n) is 5.86. The highest BCUT2D eigenvalue weighted by Crippen LogP contribution is 2.26. The summed E-state index contributed by atoms with van der Waals surface area (Å²) >= 11 is 1.81. The highest BCUT2D eigenvalue weighted by molar-refractivity contribution is 7.98. The first-order chi connectivity index (χ1) is 12.9. The van der Waals surface area contributed by atoms with Gasteiger partial charge in [0.05, 0.1) is 0 Å². The zero-order valence-corrected chi connectivity index (χ0v) is 18.4. The molecule has 0 unspecified atom stereocenters. The van der Waals surface area contributed by atoms with Crippen molar-refractivity contribution in [3.05, 3.63) is 59.7 Å². The van der Waals surface area contributed by atoms with Gasteiger partial charge in [-0.15, -0.1) is 11.8 Å². The molecule has 0 aromatic heterocycles. The number of benzene rings is 2. The van der Waals surface area contributed by atoms with E-state index in [1.807, 2.05) is 11.8 Å². The van der Waals surface area contributed by atoms with Crippen LogP contribution in [0.3, 0.4) is 0 Å². The molecule has 1 heterocycles. The maximum absolute atomic E-state index is 2.66. The van der Waals surface area contributed by atoms with E-state index in [1.165, 1.54) is 21.7 Å². The highest BCUT2D eigenvalue weighted by Gasteiger charge is 2.30. The monoisotopic (exact) mass is 382 g/mol. The Kier molecular flexibility index (Phi) is 6.54. The standard InChI is InChI=1S/C24H34N2S/c1-19(2)21-8-10-22(11-9-21)25-14-16-26(17-15-25)24(3,4)18-20-6-12-23(27-5)13-7-20/h6-13,19H,14-18H2,1-5H3. The van der Waals surface area contributed by atoms with E-state index >= 15 is 0 Å². The minimum Gasteiger partial charge on any atom is -0.369 e. The fraction of sp³-hybridized carbons (Fsp3) is 0.500. The van der Waals surface area contributed by atoms with Crippen molar-refractivity contribution in [3.8, 4) is 0 Å². The van der Waals surface area contributed by atoms with Crippen LogP contribution in [0.2, 0.25) is 0 Å². The lowest BCUT2D eigenvalue weighted by molar-refractivity contribution is 0.112. The van der Waals surface area contributed by atoms with Crippen LogP contribution in [0.15, 0.2) is 53.4 Å². The maximum Gasteiger partial charge on any atom is 0.0367 e. The van der Waals surface area contributed by atoms with E-state index in [0.29, 0.717) is 5.92 Å². The quantitative estimate of drug-likeness (QED) is 0.594. The third kappa shape index (κ3) is 5.08. The molecule has 1 aliphatic heterocycles. The first-order valence-electron chi connectivity index (χ1n) is 10.1. The van der Waals surface area contributed by atoms with Crippen molar-refractivity contribution in [1.82, 2.24) is 4.90 Å². The average Bonchev–Trinajstić information content (AvgIpc) is 2.68. The van der Waals surface area contributed by atoms with Gasteiger partial charge >= 0.3 is 0 Å². The van der Waals surface area contributed by atoms with Crippen LogP contribution >= 0.6 is 11.8 Å². The second-order valence-corrected chi connectivity index (χ2v) is 9.44. The molecule has 1 fully saturated rings. The van der Waals surface area contributed by atoms with E-state index < -0.39 is 0 Å². The maximum atomic E-state index is 2.66. The number of hydrogen-bond donors (Lipinski definition) is 0. The van der Waals surface area contributed by atoms with Crippen LogP contribution in [0.5, 0.6) is 0 Å². The molecule has 0 radical (unpaired) electrons. The van der Waals surface area contributed by atoms with Gasteiger partial charge in [0.1, 0.15) is 0 Å². The number of rotatable bonds is 6. The summed E-state index contributed by atoms with van der Waals surface area (Å²) in [4.78, 5) is 6.53. The Bertz CT molecular complexity index is 711. The molecule has 2 nitrogen and oxygen atoms in total. The predicted octanol–water partition coefficient (Wildman–Crippen LogP) is 5.68. The first kappa shape index (κ1) is 20.3. The van der Waals surface area contributed by atoms with E-state index in [2.05, 4.69) is 92.3 Å². The van der Waals surface area contributed by atoms with Gasteiger partial charge in [0.15, 0.2) is 0 Å². The number of anilines is 1. The van der Waals surface area contributed by atoms with Gasteiger partial charge in [0, 0.05) is 42.3 Å². The molecule has 3 heteroatoms. The largest absolute Gasteiger partial charge is 0.369 e. The van der Waals surface area contributed by atoms with Gasteiger partial charge in [-0.3, -0.25) is 4.90 Å². The van der Waals surface area contributed by atoms with E-state index in [9.17, 15) is 0 Å². The van der Waals surface area contributed by atoms with Gasteiger partial charge in [0.25, 0.3) is 0 Å². The zero-order valence-electron chi connectivity index (χ0n) is 17.5. The summed E-state index contributed by atoms with van der Waals surface area (Å²) in [7, 11) is 0. The van der Waals surface area contributed by atoms with Crippen LogP contribution in [0, 0.1) is 0 Å². The van der Waals surface area contributed by atoms with Gasteiger partial charge in [-0.25, -0.2) is 0 Å². The SMILES string of the molecule is CSc1ccc(CC(C)(C)N2CCN(c3ccc(C(C)C)cc3)CC2)cc1. The lowest BCUT2D eigenvalue weighted by Crippen LogP contribution is -2.55. The molecule has 27 heavy (non-hydrogen) atoms. The fourth-order valence-corrected chi connectivity index (χ4v) is 4.40. The van der Waals surface area contributed by atoms with Gasteiger partial charge < -0.3 is 4.90 Å². The van der Waals surface area contributed by atoms with Crippen molar-refractivity contribution >= 4 is 17.4 Å². The molecule has 0 atom stereocenters. The zero-order chi connectivity index (χ0) is 19.4. The Morgan fingerprint density at radius 2 is 1.48 bits per heavy atom. The smallest absolute Gasteiger partial charge is 0.0367 e. The summed E-state index contributed by atoms with van der Waals surface area (Å²) in [5.74, 6) is 0.599. The van der Waals surface area contributed by atoms with Gasteiger partial charge in [0.2, 0.25) is 0 Å². The van der Waals surface area contributed by atoms with Crippen molar-refractivity contribution in [2.24, 2.45) is 0 Å². The van der Waals surface area contributed by atoms with Crippen molar-refractivity contribution in [2.75, 3.05) is 37.3 Å². The van der Waals surface area contributed by atoms with Crippen LogP contribution < -0.4 is 4.90 Å². The van der Waals surface area contributed by atoms with Crippen molar-refractivity contribution < 1.29 is 0 Å². The molecule has 1 aliphatic rings. The topological polar surface area (TPSA) is 6.48 Å². The molecule has 2 aromatic carbocycles. The van der Waals surface area contributed by atoms with Gasteiger partial charge in [-0.05, 0) is 67.8 Å². The van der Waals surface area contributed by atoms with E-state index in [4.69, 9.17) is 0 Å². The summed E-state index contributed by atoms with van der Waals surface area (Å²) in [6.07, 6.45) is 3.24. The first-order valence-corrected chi connectivity index (χ1v) is 11.3. The normalized spacial score (nSPS) is 16.1. The molecular formula is C24H34N2S. The van der Waals surface area contributed by atoms with Crippen LogP contribution in [-0.4, -0.2) is 42.9 Å². The van der Waals surface area contributed by atoms with Crippen LogP contribution in [0.1, 0.15) is 44.7 Å². The summed E-state index contributed by atoms with van der Waals surface area (Å²) in [5, 5.41) is 0. The number of hydrogen-bond acceptors (Lipinski definition) is 3. The van der Waals surface area contributed by atoms with Gasteiger partial charge in [-0.2, -0.15) is 0 Å². The average molecular weight is 383 g/mol. The molecule has 0 N–H and O–H groups in total. The van der Waals surface area contributed by atoms with E-state index in [-0.39, 0.29) is 5.54 Å². The summed E-state index contributed by atoms with van der Waals surface area (Å²) < 4.78 is 0. The molecule has 0 bridgehead atoms. The summed E-state index contributed by atoms with van der Waals surface area (Å²) in [6, 6.07) is 18.2. The number of piperazine rings is 1. The Balaban J connectivity index is 1.58. The lowest BCUT2D eigenvalue weighted by atomic mass is 9.92. The number of nitrogens with zero attached hydrogens (tertiary/aromatic N) is 2. The highest BCUT2D eigenvalue weighted by atomic mass is 32.2. The van der Waals surface area contributed by atoms with E-state index in [0.717, 1.165) is 32.6 Å². The summed E-state index contributed by atoms with van der Waals surface area (Å²) in [6.45, 7) is 13.8. The van der Waals surface area contributed by atoms with E-state index in [1.54, 1.807) is 0 Å². The molecule has 0 saturated carbocycles. The molecule has 2 aromatic rings. The second kappa shape index (κ2) is 8.70.